The van der Waals surface area contributed by atoms with Crippen LogP contribution in [0.5, 0.6) is 0 Å². The zero-order valence-corrected chi connectivity index (χ0v) is 24.3. The number of cyclic esters (lactones) is 1. The van der Waals surface area contributed by atoms with Gasteiger partial charge >= 0.3 is 5.97 Å². The first-order valence-electron chi connectivity index (χ1n) is 14.3. The van der Waals surface area contributed by atoms with Crippen LogP contribution < -0.4 is 10.7 Å². The van der Waals surface area contributed by atoms with Gasteiger partial charge in [0.15, 0.2) is 0 Å². The maximum atomic E-state index is 13.4. The van der Waals surface area contributed by atoms with Gasteiger partial charge in [0, 0.05) is 24.3 Å². The van der Waals surface area contributed by atoms with Crippen LogP contribution in [-0.2, 0) is 23.9 Å². The number of aliphatic hydroxyl groups is 1. The monoisotopic (exact) mass is 564 g/mol. The summed E-state index contributed by atoms with van der Waals surface area (Å²) in [5.74, 6) is -3.24. The average molecular weight is 565 g/mol. The Kier molecular flexibility index (Phi) is 9.55. The number of carbonyl (C=O) groups excluding carboxylic acids is 4. The minimum absolute atomic E-state index is 0.0826. The summed E-state index contributed by atoms with van der Waals surface area (Å²) in [5, 5.41) is 15.5. The van der Waals surface area contributed by atoms with Crippen LogP contribution in [0, 0.1) is 17.8 Å². The number of ether oxygens (including phenoxy) is 1. The van der Waals surface area contributed by atoms with Crippen molar-refractivity contribution >= 4 is 40.5 Å². The fraction of sp³-hybridized carbons (Fsp3) is 0.516. The lowest BCUT2D eigenvalue weighted by molar-refractivity contribution is -0.157. The van der Waals surface area contributed by atoms with Crippen molar-refractivity contribution in [3.8, 4) is 0 Å². The van der Waals surface area contributed by atoms with Crippen molar-refractivity contribution in [3.05, 3.63) is 47.7 Å². The average Bonchev–Trinajstić information content (AvgIpc) is 2.94. The molecule has 2 aliphatic rings. The Labute approximate surface area is 240 Å². The number of hydrogen-bond donors (Lipinski definition) is 3. The van der Waals surface area contributed by atoms with E-state index >= 15 is 0 Å². The molecule has 1 aromatic heterocycles. The molecule has 10 nitrogen and oxygen atoms in total. The van der Waals surface area contributed by atoms with E-state index in [2.05, 4.69) is 10.7 Å². The Morgan fingerprint density at radius 1 is 1.07 bits per heavy atom. The van der Waals surface area contributed by atoms with Gasteiger partial charge in [-0.15, -0.1) is 0 Å². The lowest BCUT2D eigenvalue weighted by atomic mass is 9.84. The minimum Gasteiger partial charge on any atom is -0.455 e. The van der Waals surface area contributed by atoms with Gasteiger partial charge in [-0.3, -0.25) is 24.2 Å². The van der Waals surface area contributed by atoms with Gasteiger partial charge in [-0.2, -0.15) is 0 Å². The molecule has 0 unspecified atom stereocenters. The Balaban J connectivity index is 1.71. The van der Waals surface area contributed by atoms with Crippen molar-refractivity contribution in [2.24, 2.45) is 17.8 Å². The molecule has 10 heteroatoms. The second-order valence-corrected chi connectivity index (χ2v) is 11.5. The molecule has 2 aliphatic heterocycles. The molecule has 6 atom stereocenters. The third kappa shape index (κ3) is 7.18. The van der Waals surface area contributed by atoms with E-state index in [-0.39, 0.29) is 24.0 Å². The third-order valence-corrected chi connectivity index (χ3v) is 7.86. The predicted molar refractivity (Wildman–Crippen MR) is 154 cm³/mol. The number of benzene rings is 1. The Morgan fingerprint density at radius 2 is 1.80 bits per heavy atom. The summed E-state index contributed by atoms with van der Waals surface area (Å²) in [6, 6.07) is 7.79. The molecule has 220 valence electrons. The third-order valence-electron chi connectivity index (χ3n) is 7.86. The van der Waals surface area contributed by atoms with E-state index < -0.39 is 48.0 Å². The summed E-state index contributed by atoms with van der Waals surface area (Å²) in [7, 11) is 0. The molecule has 1 fully saturated rings. The number of amides is 2. The Bertz CT molecular complexity index is 1340. The van der Waals surface area contributed by atoms with Crippen molar-refractivity contribution in [3.63, 3.8) is 0 Å². The van der Waals surface area contributed by atoms with Gasteiger partial charge in [0.1, 0.15) is 24.0 Å². The number of nitrogens with one attached hydrogen (secondary N) is 2. The topological polar surface area (TPSA) is 138 Å². The van der Waals surface area contributed by atoms with E-state index in [1.807, 2.05) is 44.2 Å². The number of hydrazine groups is 1. The normalized spacial score (nSPS) is 28.4. The van der Waals surface area contributed by atoms with Crippen molar-refractivity contribution in [1.82, 2.24) is 20.7 Å². The number of pyridine rings is 1. The molecule has 0 radical (unpaired) electrons. The number of esters is 1. The molecule has 0 aliphatic carbocycles. The molecular weight excluding hydrogens is 524 g/mol. The fourth-order valence-electron chi connectivity index (χ4n) is 5.26. The fourth-order valence-corrected chi connectivity index (χ4v) is 5.26. The highest BCUT2D eigenvalue weighted by Gasteiger charge is 2.35. The summed E-state index contributed by atoms with van der Waals surface area (Å²) in [4.78, 5) is 57.6. The lowest BCUT2D eigenvalue weighted by Crippen LogP contribution is -2.59. The Morgan fingerprint density at radius 3 is 2.51 bits per heavy atom. The number of nitrogens with zero attached hydrogens (tertiary/aromatic N) is 2. The predicted octanol–water partition coefficient (Wildman–Crippen LogP) is 3.09. The van der Waals surface area contributed by atoms with Crippen LogP contribution in [0.2, 0.25) is 0 Å². The van der Waals surface area contributed by atoms with Gasteiger partial charge in [-0.25, -0.2) is 10.4 Å². The number of fused-ring (bicyclic) bond motifs is 4. The zero-order valence-electron chi connectivity index (χ0n) is 24.3. The van der Waals surface area contributed by atoms with Crippen LogP contribution in [0.4, 0.5) is 0 Å². The van der Waals surface area contributed by atoms with Crippen LogP contribution in [0.25, 0.3) is 17.0 Å². The van der Waals surface area contributed by atoms with Crippen molar-refractivity contribution in [2.45, 2.75) is 78.2 Å². The van der Waals surface area contributed by atoms with Crippen LogP contribution >= 0.6 is 0 Å². The van der Waals surface area contributed by atoms with Crippen molar-refractivity contribution in [2.75, 3.05) is 6.54 Å². The van der Waals surface area contributed by atoms with E-state index in [1.165, 1.54) is 5.01 Å². The van der Waals surface area contributed by atoms with Gasteiger partial charge < -0.3 is 15.2 Å². The first kappa shape index (κ1) is 30.3. The highest BCUT2D eigenvalue weighted by atomic mass is 16.5. The zero-order chi connectivity index (χ0) is 29.8. The second kappa shape index (κ2) is 12.9. The molecule has 1 saturated heterocycles. The van der Waals surface area contributed by atoms with Gasteiger partial charge in [0.25, 0.3) is 5.91 Å². The van der Waals surface area contributed by atoms with E-state index in [1.54, 1.807) is 32.9 Å². The SMILES string of the molecule is CC(C)[C@@H]1CC(=O)[C@@H]([C@H](C)O)/C=C/c2ccc3ccc(nc3c2)[C@@H](C)OC(=O)[C@@H]2CCCN(N2)C(=O)[C@H](C)NC1=O. The van der Waals surface area contributed by atoms with Crippen molar-refractivity contribution in [1.29, 1.82) is 0 Å². The summed E-state index contributed by atoms with van der Waals surface area (Å²) >= 11 is 0. The quantitative estimate of drug-likeness (QED) is 0.473. The van der Waals surface area contributed by atoms with Crippen LogP contribution in [-0.4, -0.2) is 63.4 Å². The van der Waals surface area contributed by atoms with Gasteiger partial charge in [-0.05, 0) is 57.2 Å². The van der Waals surface area contributed by atoms with E-state index in [0.717, 1.165) is 10.9 Å². The molecule has 2 amide bonds. The number of carbonyl (C=O) groups is 4. The molecule has 41 heavy (non-hydrogen) atoms. The van der Waals surface area contributed by atoms with Crippen LogP contribution in [0.3, 0.4) is 0 Å². The molecule has 1 aromatic carbocycles. The maximum Gasteiger partial charge on any atom is 0.325 e. The largest absolute Gasteiger partial charge is 0.455 e. The summed E-state index contributed by atoms with van der Waals surface area (Å²) in [6.07, 6.45) is 2.83. The molecule has 5 bridgehead atoms. The molecule has 3 N–H and O–H groups in total. The molecule has 3 heterocycles. The molecular formula is C31H40N4O6. The van der Waals surface area contributed by atoms with E-state index in [4.69, 9.17) is 9.72 Å². The van der Waals surface area contributed by atoms with Crippen LogP contribution in [0.15, 0.2) is 36.4 Å². The lowest BCUT2D eigenvalue weighted by Gasteiger charge is -2.35. The minimum atomic E-state index is -0.962. The molecule has 2 aromatic rings. The first-order valence-corrected chi connectivity index (χ1v) is 14.3. The van der Waals surface area contributed by atoms with Gasteiger partial charge in [0.05, 0.1) is 23.2 Å². The van der Waals surface area contributed by atoms with Crippen molar-refractivity contribution < 1.29 is 29.0 Å². The molecule has 0 saturated carbocycles. The highest BCUT2D eigenvalue weighted by Crippen LogP contribution is 2.25. The summed E-state index contributed by atoms with van der Waals surface area (Å²) in [5.41, 5.74) is 5.02. The molecule has 0 spiro atoms. The van der Waals surface area contributed by atoms with Gasteiger partial charge in [0.2, 0.25) is 5.91 Å². The second-order valence-electron chi connectivity index (χ2n) is 11.5. The number of aromatic nitrogens is 1. The smallest absolute Gasteiger partial charge is 0.325 e. The maximum absolute atomic E-state index is 13.4. The number of aliphatic hydroxyl groups excluding tert-OH is 1. The highest BCUT2D eigenvalue weighted by molar-refractivity contribution is 5.92. The Hall–Kier alpha value is -3.63. The molecule has 4 rings (SSSR count). The van der Waals surface area contributed by atoms with E-state index in [9.17, 15) is 24.3 Å². The van der Waals surface area contributed by atoms with E-state index in [0.29, 0.717) is 30.6 Å². The van der Waals surface area contributed by atoms with Gasteiger partial charge in [-0.1, -0.05) is 44.2 Å². The number of ketones is 1. The number of rotatable bonds is 2. The van der Waals surface area contributed by atoms with Crippen LogP contribution in [0.1, 0.15) is 71.2 Å². The number of hydrogen-bond acceptors (Lipinski definition) is 8. The summed E-state index contributed by atoms with van der Waals surface area (Å²) in [6.45, 7) is 8.95. The number of Topliss-reactive ketones (excluding diaryl/α,β-unsaturated/α-hetero) is 1. The summed E-state index contributed by atoms with van der Waals surface area (Å²) < 4.78 is 5.74. The first-order chi connectivity index (χ1) is 19.4. The standard InChI is InChI=1S/C31H40N4O6/c1-17(2)24-16-28(37)23(19(4)36)12-9-21-8-10-22-11-13-25(33-27(22)15-21)20(5)41-31(40)26-7-6-14-35(34-26)30(39)18(3)32-29(24)38/h8-13,15,17-20,23-24,26,34,36H,6-7,14,16H2,1-5H3,(H,32,38)/b12-9+/t18-,19-,20+,23+,24-,26-/m0/s1.